The van der Waals surface area contributed by atoms with Gasteiger partial charge in [-0.25, -0.2) is 0 Å². The van der Waals surface area contributed by atoms with E-state index >= 15 is 0 Å². The standard InChI is InChI=1S/C19H28O5/c1-2-3-4-6-14(7-5-8-18(20)21)16-10-9-15-11-12-19(22,23)24-17(15)13-16/h9-10,13-14,22-23H,2-8,11-12H2,1H3,(H,20,21). The lowest BCUT2D eigenvalue weighted by molar-refractivity contribution is -0.299. The molecule has 2 rings (SSSR count). The lowest BCUT2D eigenvalue weighted by atomic mass is 9.87. The third kappa shape index (κ3) is 5.49. The van der Waals surface area contributed by atoms with Crippen LogP contribution in [0.15, 0.2) is 18.2 Å². The zero-order valence-electron chi connectivity index (χ0n) is 14.3. The highest BCUT2D eigenvalue weighted by Gasteiger charge is 2.31. The number of fused-ring (bicyclic) bond motifs is 1. The number of rotatable bonds is 9. The predicted octanol–water partition coefficient (Wildman–Crippen LogP) is 3.57. The Morgan fingerprint density at radius 3 is 2.71 bits per heavy atom. The highest BCUT2D eigenvalue weighted by molar-refractivity contribution is 5.66. The molecule has 0 aliphatic carbocycles. The lowest BCUT2D eigenvalue weighted by Gasteiger charge is -2.30. The van der Waals surface area contributed by atoms with Crippen molar-refractivity contribution in [1.82, 2.24) is 0 Å². The van der Waals surface area contributed by atoms with Crippen LogP contribution in [-0.2, 0) is 11.2 Å². The minimum Gasteiger partial charge on any atom is -0.481 e. The Balaban J connectivity index is 2.10. The molecule has 134 valence electrons. The summed E-state index contributed by atoms with van der Waals surface area (Å²) < 4.78 is 5.30. The fraction of sp³-hybridized carbons (Fsp3) is 0.632. The molecule has 1 unspecified atom stereocenters. The number of hydrogen-bond acceptors (Lipinski definition) is 4. The zero-order chi connectivity index (χ0) is 17.6. The topological polar surface area (TPSA) is 87.0 Å². The Labute approximate surface area is 143 Å². The molecule has 0 amide bonds. The smallest absolute Gasteiger partial charge is 0.322 e. The number of aryl methyl sites for hydroxylation is 1. The van der Waals surface area contributed by atoms with Gasteiger partial charge in [-0.3, -0.25) is 4.79 Å². The monoisotopic (exact) mass is 336 g/mol. The minimum atomic E-state index is -2.09. The summed E-state index contributed by atoms with van der Waals surface area (Å²) in [5, 5.41) is 28.2. The summed E-state index contributed by atoms with van der Waals surface area (Å²) in [6.45, 7) is 2.16. The van der Waals surface area contributed by atoms with Crippen molar-refractivity contribution in [2.45, 2.75) is 76.6 Å². The Hall–Kier alpha value is -1.59. The number of carbonyl (C=O) groups is 1. The lowest BCUT2D eigenvalue weighted by Crippen LogP contribution is -2.38. The Morgan fingerprint density at radius 1 is 1.25 bits per heavy atom. The summed E-state index contributed by atoms with van der Waals surface area (Å²) in [6.07, 6.45) is 6.81. The zero-order valence-corrected chi connectivity index (χ0v) is 14.3. The quantitative estimate of drug-likeness (QED) is 0.474. The van der Waals surface area contributed by atoms with E-state index in [0.717, 1.165) is 43.2 Å². The van der Waals surface area contributed by atoms with Gasteiger partial charge in [0.25, 0.3) is 0 Å². The molecule has 0 spiro atoms. The highest BCUT2D eigenvalue weighted by atomic mass is 16.8. The summed E-state index contributed by atoms with van der Waals surface area (Å²) in [7, 11) is 0. The van der Waals surface area contributed by atoms with Gasteiger partial charge >= 0.3 is 11.9 Å². The molecular formula is C19H28O5. The van der Waals surface area contributed by atoms with Gasteiger partial charge in [0, 0.05) is 12.8 Å². The first-order valence-corrected chi connectivity index (χ1v) is 8.89. The van der Waals surface area contributed by atoms with Crippen LogP contribution in [0.25, 0.3) is 0 Å². The maximum absolute atomic E-state index is 10.8. The third-order valence-corrected chi connectivity index (χ3v) is 4.66. The van der Waals surface area contributed by atoms with Gasteiger partial charge < -0.3 is 20.1 Å². The van der Waals surface area contributed by atoms with Crippen LogP contribution in [-0.4, -0.2) is 27.3 Å². The number of benzene rings is 1. The van der Waals surface area contributed by atoms with E-state index in [4.69, 9.17) is 9.84 Å². The number of aliphatic hydroxyl groups is 2. The molecule has 1 heterocycles. The molecule has 5 nitrogen and oxygen atoms in total. The molecule has 1 aromatic carbocycles. The van der Waals surface area contributed by atoms with Crippen molar-refractivity contribution in [3.8, 4) is 5.75 Å². The Kier molecular flexibility index (Phi) is 6.63. The van der Waals surface area contributed by atoms with Crippen LogP contribution in [0.5, 0.6) is 5.75 Å². The van der Waals surface area contributed by atoms with Gasteiger partial charge in [0.1, 0.15) is 5.75 Å². The van der Waals surface area contributed by atoms with E-state index in [1.807, 2.05) is 12.1 Å². The fourth-order valence-electron chi connectivity index (χ4n) is 3.27. The van der Waals surface area contributed by atoms with Crippen molar-refractivity contribution >= 4 is 5.97 Å². The van der Waals surface area contributed by atoms with Crippen LogP contribution >= 0.6 is 0 Å². The maximum atomic E-state index is 10.8. The highest BCUT2D eigenvalue weighted by Crippen LogP contribution is 2.36. The summed E-state index contributed by atoms with van der Waals surface area (Å²) in [6, 6.07) is 5.96. The minimum absolute atomic E-state index is 0.165. The molecule has 5 heteroatoms. The maximum Gasteiger partial charge on any atom is 0.322 e. The number of ether oxygens (including phenoxy) is 1. The summed E-state index contributed by atoms with van der Waals surface area (Å²) in [5.74, 6) is -2.05. The van der Waals surface area contributed by atoms with E-state index in [2.05, 4.69) is 13.0 Å². The van der Waals surface area contributed by atoms with Crippen LogP contribution in [0.2, 0.25) is 0 Å². The second kappa shape index (κ2) is 8.49. The van der Waals surface area contributed by atoms with Crippen LogP contribution in [0.3, 0.4) is 0 Å². The van der Waals surface area contributed by atoms with Crippen LogP contribution < -0.4 is 4.74 Å². The normalized spacial score (nSPS) is 17.0. The van der Waals surface area contributed by atoms with Crippen molar-refractivity contribution in [3.05, 3.63) is 29.3 Å². The van der Waals surface area contributed by atoms with Crippen molar-refractivity contribution in [3.63, 3.8) is 0 Å². The first-order valence-electron chi connectivity index (χ1n) is 8.89. The van der Waals surface area contributed by atoms with Gasteiger partial charge in [0.15, 0.2) is 0 Å². The molecule has 1 aliphatic rings. The number of hydrogen-bond donors (Lipinski definition) is 3. The fourth-order valence-corrected chi connectivity index (χ4v) is 3.27. The Bertz CT molecular complexity index is 553. The first kappa shape index (κ1) is 18.7. The molecule has 1 atom stereocenters. The molecule has 0 fully saturated rings. The van der Waals surface area contributed by atoms with Crippen molar-refractivity contribution in [1.29, 1.82) is 0 Å². The van der Waals surface area contributed by atoms with Crippen molar-refractivity contribution in [2.24, 2.45) is 0 Å². The van der Waals surface area contributed by atoms with E-state index in [-0.39, 0.29) is 18.8 Å². The van der Waals surface area contributed by atoms with Gasteiger partial charge in [0.2, 0.25) is 0 Å². The summed E-state index contributed by atoms with van der Waals surface area (Å²) in [4.78, 5) is 10.8. The molecule has 0 saturated carbocycles. The second-order valence-electron chi connectivity index (χ2n) is 6.69. The molecule has 0 radical (unpaired) electrons. The Morgan fingerprint density at radius 2 is 2.00 bits per heavy atom. The average molecular weight is 336 g/mol. The number of unbranched alkanes of at least 4 members (excludes halogenated alkanes) is 2. The van der Waals surface area contributed by atoms with Crippen molar-refractivity contribution < 1.29 is 24.9 Å². The molecule has 3 N–H and O–H groups in total. The number of aliphatic carboxylic acids is 1. The predicted molar refractivity (Wildman–Crippen MR) is 90.9 cm³/mol. The molecule has 0 saturated heterocycles. The summed E-state index contributed by atoms with van der Waals surface area (Å²) >= 11 is 0. The second-order valence-corrected chi connectivity index (χ2v) is 6.69. The number of carboxylic acids is 1. The van der Waals surface area contributed by atoms with Gasteiger partial charge in [-0.05, 0) is 48.8 Å². The SMILES string of the molecule is CCCCCC(CCCC(=O)O)c1ccc2c(c1)OC(O)(O)CC2. The van der Waals surface area contributed by atoms with E-state index in [0.29, 0.717) is 18.6 Å². The van der Waals surface area contributed by atoms with Gasteiger partial charge in [-0.15, -0.1) is 0 Å². The average Bonchev–Trinajstić information content (AvgIpc) is 2.51. The molecule has 0 bridgehead atoms. The summed E-state index contributed by atoms with van der Waals surface area (Å²) in [5.41, 5.74) is 2.07. The van der Waals surface area contributed by atoms with Gasteiger partial charge in [-0.1, -0.05) is 38.3 Å². The molecular weight excluding hydrogens is 308 g/mol. The van der Waals surface area contributed by atoms with Crippen LogP contribution in [0.4, 0.5) is 0 Å². The largest absolute Gasteiger partial charge is 0.481 e. The van der Waals surface area contributed by atoms with E-state index in [9.17, 15) is 15.0 Å². The number of carboxylic acid groups (broad SMARTS) is 1. The van der Waals surface area contributed by atoms with Crippen molar-refractivity contribution in [2.75, 3.05) is 0 Å². The van der Waals surface area contributed by atoms with Crippen LogP contribution in [0, 0.1) is 0 Å². The molecule has 24 heavy (non-hydrogen) atoms. The van der Waals surface area contributed by atoms with E-state index in [1.165, 1.54) is 0 Å². The molecule has 1 aromatic rings. The molecule has 0 aromatic heterocycles. The first-order chi connectivity index (χ1) is 11.4. The molecule has 1 aliphatic heterocycles. The van der Waals surface area contributed by atoms with E-state index in [1.54, 1.807) is 0 Å². The third-order valence-electron chi connectivity index (χ3n) is 4.66. The van der Waals surface area contributed by atoms with Gasteiger partial charge in [0.05, 0.1) is 0 Å². The van der Waals surface area contributed by atoms with E-state index < -0.39 is 11.9 Å². The van der Waals surface area contributed by atoms with Crippen LogP contribution in [0.1, 0.15) is 75.3 Å². The van der Waals surface area contributed by atoms with Gasteiger partial charge in [-0.2, -0.15) is 0 Å².